The predicted molar refractivity (Wildman–Crippen MR) is 118 cm³/mol. The fraction of sp³-hybridized carbons (Fsp3) is 0.833. The van der Waals surface area contributed by atoms with E-state index in [1.54, 1.807) is 0 Å². The summed E-state index contributed by atoms with van der Waals surface area (Å²) in [5, 5.41) is 4.27. The Bertz CT molecular complexity index is 769. The topological polar surface area (TPSA) is 103 Å². The average molecular weight is 444 g/mol. The summed E-state index contributed by atoms with van der Waals surface area (Å²) in [6.07, 6.45) is 4.34. The minimum absolute atomic E-state index is 0.0269. The first-order valence-corrected chi connectivity index (χ1v) is 13.0. The first kappa shape index (κ1) is 22.2. The van der Waals surface area contributed by atoms with Crippen molar-refractivity contribution in [2.24, 2.45) is 10.9 Å². The summed E-state index contributed by atoms with van der Waals surface area (Å²) >= 11 is 1.46. The molecule has 11 heteroatoms. The zero-order valence-electron chi connectivity index (χ0n) is 17.4. The van der Waals surface area contributed by atoms with Gasteiger partial charge in [0.2, 0.25) is 15.2 Å². The Labute approximate surface area is 178 Å². The zero-order chi connectivity index (χ0) is 20.7. The summed E-state index contributed by atoms with van der Waals surface area (Å²) < 4.78 is 31.5. The van der Waals surface area contributed by atoms with E-state index in [4.69, 9.17) is 0 Å². The van der Waals surface area contributed by atoms with Gasteiger partial charge in [0.05, 0.1) is 12.3 Å². The summed E-state index contributed by atoms with van der Waals surface area (Å²) in [6, 6.07) is 0. The van der Waals surface area contributed by atoms with Gasteiger partial charge in [-0.15, -0.1) is 0 Å². The van der Waals surface area contributed by atoms with Crippen LogP contribution < -0.4 is 14.9 Å². The largest absolute Gasteiger partial charge is 0.357 e. The van der Waals surface area contributed by atoms with Crippen molar-refractivity contribution in [1.82, 2.24) is 24.3 Å². The Balaban J connectivity index is 1.48. The fourth-order valence-electron chi connectivity index (χ4n) is 3.34. The summed E-state index contributed by atoms with van der Waals surface area (Å²) in [7, 11) is -3.26. The van der Waals surface area contributed by atoms with E-state index < -0.39 is 10.0 Å². The summed E-state index contributed by atoms with van der Waals surface area (Å²) in [5.74, 6) is 2.23. The molecule has 3 rings (SSSR count). The lowest BCUT2D eigenvalue weighted by atomic mass is 9.86. The highest BCUT2D eigenvalue weighted by Crippen LogP contribution is 2.25. The van der Waals surface area contributed by atoms with E-state index >= 15 is 0 Å². The quantitative estimate of drug-likeness (QED) is 0.432. The van der Waals surface area contributed by atoms with Gasteiger partial charge in [-0.05, 0) is 25.7 Å². The van der Waals surface area contributed by atoms with Gasteiger partial charge in [0.15, 0.2) is 5.96 Å². The van der Waals surface area contributed by atoms with Crippen LogP contribution in [0.5, 0.6) is 0 Å². The highest BCUT2D eigenvalue weighted by Gasteiger charge is 2.23. The van der Waals surface area contributed by atoms with Crippen LogP contribution in [0, 0.1) is 5.92 Å². The molecule has 2 fully saturated rings. The van der Waals surface area contributed by atoms with E-state index in [0.717, 1.165) is 68.9 Å². The average Bonchev–Trinajstić information content (AvgIpc) is 3.15. The van der Waals surface area contributed by atoms with Crippen LogP contribution in [0.15, 0.2) is 4.99 Å². The summed E-state index contributed by atoms with van der Waals surface area (Å²) in [5.41, 5.74) is 0. The van der Waals surface area contributed by atoms with Crippen molar-refractivity contribution in [2.75, 3.05) is 56.5 Å². The number of guanidine groups is 1. The van der Waals surface area contributed by atoms with E-state index in [1.807, 2.05) is 6.92 Å². The number of nitrogens with zero attached hydrogens (tertiary/aromatic N) is 5. The number of piperazine rings is 1. The third-order valence-electron chi connectivity index (χ3n) is 5.40. The fourth-order valence-corrected chi connectivity index (χ4v) is 5.10. The number of nitrogens with one attached hydrogen (secondary N) is 2. The lowest BCUT2D eigenvalue weighted by Gasteiger charge is -2.36. The van der Waals surface area contributed by atoms with Crippen LogP contribution in [0.1, 0.15) is 38.9 Å². The maximum absolute atomic E-state index is 12.2. The molecule has 0 bridgehead atoms. The highest BCUT2D eigenvalue weighted by molar-refractivity contribution is 7.89. The van der Waals surface area contributed by atoms with Crippen molar-refractivity contribution in [1.29, 1.82) is 0 Å². The number of aryl methyl sites for hydroxylation is 1. The Morgan fingerprint density at radius 1 is 1.24 bits per heavy atom. The molecular formula is C18H33N7O2S2. The van der Waals surface area contributed by atoms with Crippen molar-refractivity contribution in [3.8, 4) is 0 Å². The minimum atomic E-state index is -3.26. The van der Waals surface area contributed by atoms with Crippen molar-refractivity contribution in [2.45, 2.75) is 39.5 Å². The highest BCUT2D eigenvalue weighted by atomic mass is 32.2. The number of rotatable bonds is 9. The molecule has 1 saturated heterocycles. The SMILES string of the molecule is CCNC(=NCCS(=O)(=O)NCC1CCC1)N1CCN(c2nc(CC)ns2)CC1. The molecular weight excluding hydrogens is 410 g/mol. The van der Waals surface area contributed by atoms with Crippen LogP contribution in [0.25, 0.3) is 0 Å². The van der Waals surface area contributed by atoms with E-state index in [0.29, 0.717) is 12.5 Å². The Hall–Kier alpha value is -1.46. The molecule has 2 aliphatic rings. The molecule has 2 N–H and O–H groups in total. The second-order valence-electron chi connectivity index (χ2n) is 7.52. The number of anilines is 1. The first-order valence-electron chi connectivity index (χ1n) is 10.6. The molecule has 1 aliphatic heterocycles. The van der Waals surface area contributed by atoms with Gasteiger partial charge in [0.1, 0.15) is 5.82 Å². The second-order valence-corrected chi connectivity index (χ2v) is 10.2. The molecule has 9 nitrogen and oxygen atoms in total. The third kappa shape index (κ3) is 6.51. The van der Waals surface area contributed by atoms with Crippen molar-refractivity contribution >= 4 is 32.6 Å². The maximum Gasteiger partial charge on any atom is 0.213 e. The molecule has 0 atom stereocenters. The monoisotopic (exact) mass is 443 g/mol. The predicted octanol–water partition coefficient (Wildman–Crippen LogP) is 0.908. The Morgan fingerprint density at radius 2 is 2.00 bits per heavy atom. The molecule has 1 aromatic heterocycles. The van der Waals surface area contributed by atoms with Gasteiger partial charge in [-0.2, -0.15) is 4.37 Å². The lowest BCUT2D eigenvalue weighted by molar-refractivity contribution is 0.316. The van der Waals surface area contributed by atoms with Gasteiger partial charge in [-0.3, -0.25) is 4.99 Å². The Morgan fingerprint density at radius 3 is 2.59 bits per heavy atom. The normalized spacial score (nSPS) is 18.8. The van der Waals surface area contributed by atoms with Crippen LogP contribution in [0.4, 0.5) is 5.13 Å². The van der Waals surface area contributed by atoms with Gasteiger partial charge in [0, 0.05) is 57.2 Å². The molecule has 2 heterocycles. The standard InChI is InChI=1S/C18H33N7O2S2/c1-3-16-22-18(28-23-16)25-11-9-24(10-12-25)17(19-4-2)20-8-13-29(26,27)21-14-15-6-5-7-15/h15,21H,3-14H2,1-2H3,(H,19,20). The zero-order valence-corrected chi connectivity index (χ0v) is 19.1. The number of sulfonamides is 1. The van der Waals surface area contributed by atoms with Gasteiger partial charge >= 0.3 is 0 Å². The summed E-state index contributed by atoms with van der Waals surface area (Å²) in [4.78, 5) is 13.6. The van der Waals surface area contributed by atoms with Gasteiger partial charge < -0.3 is 15.1 Å². The van der Waals surface area contributed by atoms with Gasteiger partial charge in [0.25, 0.3) is 0 Å². The van der Waals surface area contributed by atoms with E-state index in [9.17, 15) is 8.42 Å². The molecule has 0 radical (unpaired) electrons. The van der Waals surface area contributed by atoms with Crippen LogP contribution in [-0.2, 0) is 16.4 Å². The maximum atomic E-state index is 12.2. The minimum Gasteiger partial charge on any atom is -0.357 e. The van der Waals surface area contributed by atoms with Crippen LogP contribution in [0.2, 0.25) is 0 Å². The van der Waals surface area contributed by atoms with Crippen molar-refractivity contribution in [3.63, 3.8) is 0 Å². The molecule has 1 aliphatic carbocycles. The van der Waals surface area contributed by atoms with Crippen LogP contribution in [0.3, 0.4) is 0 Å². The molecule has 0 spiro atoms. The Kier molecular flexibility index (Phi) is 8.07. The number of hydrogen-bond donors (Lipinski definition) is 2. The molecule has 1 saturated carbocycles. The van der Waals surface area contributed by atoms with E-state index in [2.05, 4.69) is 41.1 Å². The van der Waals surface area contributed by atoms with E-state index in [-0.39, 0.29) is 12.3 Å². The number of hydrogen-bond acceptors (Lipinski definition) is 7. The molecule has 164 valence electrons. The van der Waals surface area contributed by atoms with Crippen LogP contribution in [-0.4, -0.2) is 80.2 Å². The van der Waals surface area contributed by atoms with Crippen molar-refractivity contribution < 1.29 is 8.42 Å². The number of aliphatic imine (C=N–C) groups is 1. The molecule has 0 aromatic carbocycles. The van der Waals surface area contributed by atoms with Gasteiger partial charge in [-0.25, -0.2) is 18.1 Å². The van der Waals surface area contributed by atoms with E-state index in [1.165, 1.54) is 18.0 Å². The lowest BCUT2D eigenvalue weighted by Crippen LogP contribution is -2.52. The molecule has 0 unspecified atom stereocenters. The molecule has 0 amide bonds. The van der Waals surface area contributed by atoms with Gasteiger partial charge in [-0.1, -0.05) is 13.3 Å². The number of aromatic nitrogens is 2. The molecule has 29 heavy (non-hydrogen) atoms. The smallest absolute Gasteiger partial charge is 0.213 e. The second kappa shape index (κ2) is 10.5. The summed E-state index contributed by atoms with van der Waals surface area (Å²) in [6.45, 7) is 9.01. The molecule has 1 aromatic rings. The van der Waals surface area contributed by atoms with Crippen molar-refractivity contribution in [3.05, 3.63) is 5.82 Å². The van der Waals surface area contributed by atoms with Crippen LogP contribution >= 0.6 is 11.5 Å². The third-order valence-corrected chi connectivity index (χ3v) is 7.54. The first-order chi connectivity index (χ1) is 14.0.